The maximum Gasteiger partial charge on any atom is 0.180 e. The van der Waals surface area contributed by atoms with Crippen molar-refractivity contribution in [3.05, 3.63) is 0 Å². The number of hydrogen-bond acceptors (Lipinski definition) is 8. The number of fused-ring (bicyclic) bond motifs is 5. The Morgan fingerprint density at radius 1 is 0.625 bits per heavy atom. The Morgan fingerprint density at radius 2 is 1.17 bits per heavy atom. The molecule has 0 spiro atoms. The molecule has 4 aliphatic carbocycles. The van der Waals surface area contributed by atoms with Gasteiger partial charge in [-0.3, -0.25) is 8.74 Å². The summed E-state index contributed by atoms with van der Waals surface area (Å²) in [6, 6.07) is 0. The van der Waals surface area contributed by atoms with E-state index in [4.69, 9.17) is 19.1 Å². The van der Waals surface area contributed by atoms with E-state index in [9.17, 15) is 9.66 Å². The first kappa shape index (κ1) is 62.4. The lowest BCUT2D eigenvalue weighted by molar-refractivity contribution is -0.114. The number of hydrogen-bond donors (Lipinski definition) is 4. The van der Waals surface area contributed by atoms with Crippen molar-refractivity contribution in [1.29, 1.82) is 0 Å². The molecule has 0 aliphatic heterocycles. The van der Waals surface area contributed by atoms with Gasteiger partial charge in [0.2, 0.25) is 0 Å². The Kier molecular flexibility index (Phi) is 36.4. The molecular formula is C55H113NO6S2. The molecule has 7 nitrogen and oxygen atoms in total. The lowest BCUT2D eigenvalue weighted by Crippen LogP contribution is -2.53. The maximum absolute atomic E-state index is 10.3. The molecule has 0 amide bonds. The maximum atomic E-state index is 10.3. The Balaban J connectivity index is 0.00000127. The minimum atomic E-state index is -2.02. The van der Waals surface area contributed by atoms with E-state index in [2.05, 4.69) is 39.5 Å². The summed E-state index contributed by atoms with van der Waals surface area (Å²) in [5.41, 5.74) is 1.24. The van der Waals surface area contributed by atoms with Crippen LogP contribution in [0.2, 0.25) is 0 Å². The first-order valence-electron chi connectivity index (χ1n) is 27.4. The second-order valence-corrected chi connectivity index (χ2v) is 25.0. The van der Waals surface area contributed by atoms with Crippen molar-refractivity contribution in [3.8, 4) is 0 Å². The normalized spacial score (nSPS) is 27.4. The molecule has 0 aromatic heterocycles. The Hall–Kier alpha value is 0.420. The third-order valence-corrected chi connectivity index (χ3v) is 17.1. The average molecular weight is 949 g/mol. The quantitative estimate of drug-likeness (QED) is 0.0403. The molecule has 9 heteroatoms. The van der Waals surface area contributed by atoms with E-state index in [1.54, 1.807) is 30.7 Å². The number of aliphatic hydroxyl groups is 3. The standard InChI is InChI=1S/C44H85NO4S.C8H18O.C2H6S.CH4O/c1-7-8-9-10-13-23-42(49-50(5,6)47)48-35-19-12-11-16-31-45(32-17-18-34-46)33-20-21-36(2)39-26-27-40-38-25-24-37-22-14-15-29-43(37,3)41(38)28-30-44(39,40)4;1-2-3-4-5-6-7-8-9;1-3-2;1-2/h36-42,46-47H,7-35H2,1-6H3;9H,2-8H2,1H3;1-2H3;2H,1H3/t36-,37?,38?,39?,40?,41?,42?,43?,44?;;;/m1.../s1. The van der Waals surface area contributed by atoms with Crippen LogP contribution in [0.4, 0.5) is 0 Å². The predicted octanol–water partition coefficient (Wildman–Crippen LogP) is 15.2. The summed E-state index contributed by atoms with van der Waals surface area (Å²) < 4.78 is 22.3. The van der Waals surface area contributed by atoms with Gasteiger partial charge in [0.1, 0.15) is 0 Å². The summed E-state index contributed by atoms with van der Waals surface area (Å²) in [5, 5.41) is 24.9. The number of ether oxygens (including phenoxy) is 1. The summed E-state index contributed by atoms with van der Waals surface area (Å²) in [4.78, 5) is 2.71. The van der Waals surface area contributed by atoms with Gasteiger partial charge in [0.25, 0.3) is 0 Å². The van der Waals surface area contributed by atoms with Gasteiger partial charge < -0.3 is 25.0 Å². The lowest BCUT2D eigenvalue weighted by Gasteiger charge is -2.61. The van der Waals surface area contributed by atoms with Crippen molar-refractivity contribution in [2.24, 2.45) is 46.3 Å². The van der Waals surface area contributed by atoms with Crippen molar-refractivity contribution < 1.29 is 28.8 Å². The van der Waals surface area contributed by atoms with E-state index in [0.29, 0.717) is 24.0 Å². The van der Waals surface area contributed by atoms with Gasteiger partial charge in [-0.15, -0.1) is 0 Å². The molecule has 4 aliphatic rings. The third kappa shape index (κ3) is 23.8. The van der Waals surface area contributed by atoms with Gasteiger partial charge in [-0.25, -0.2) is 0 Å². The Morgan fingerprint density at radius 3 is 1.81 bits per heavy atom. The summed E-state index contributed by atoms with van der Waals surface area (Å²) in [6.07, 6.45) is 46.4. The first-order chi connectivity index (χ1) is 30.8. The minimum absolute atomic E-state index is 0.274. The number of thioether (sulfide) groups is 1. The number of nitrogens with zero attached hydrogens (tertiary/aromatic N) is 1. The molecule has 9 atom stereocenters. The molecule has 0 radical (unpaired) electrons. The van der Waals surface area contributed by atoms with Crippen LogP contribution in [0.3, 0.4) is 0 Å². The minimum Gasteiger partial charge on any atom is -0.400 e. The third-order valence-electron chi connectivity index (χ3n) is 16.4. The van der Waals surface area contributed by atoms with Crippen LogP contribution in [0.5, 0.6) is 0 Å². The fourth-order valence-electron chi connectivity index (χ4n) is 13.1. The zero-order valence-corrected chi connectivity index (χ0v) is 46.0. The molecule has 4 rings (SSSR count). The van der Waals surface area contributed by atoms with Crippen LogP contribution in [0.25, 0.3) is 0 Å². The van der Waals surface area contributed by atoms with Crippen molar-refractivity contribution in [1.82, 2.24) is 4.90 Å². The second kappa shape index (κ2) is 37.3. The summed E-state index contributed by atoms with van der Waals surface area (Å²) >= 11 is 1.75. The molecule has 64 heavy (non-hydrogen) atoms. The van der Waals surface area contributed by atoms with E-state index in [0.717, 1.165) is 94.3 Å². The molecule has 8 unspecified atom stereocenters. The van der Waals surface area contributed by atoms with Crippen LogP contribution in [0.15, 0.2) is 0 Å². The lowest BCUT2D eigenvalue weighted by atomic mass is 9.44. The molecule has 0 aromatic carbocycles. The molecule has 0 bridgehead atoms. The SMILES string of the molecule is CCCCCCCC(OCCCCCCN(CCCCO)CCC[C@@H](C)C1CCC2C3CCC4CCCCC4(C)C3CCC21C)OS(C)(C)O.CCCCCCCCO.CO.CSC. The molecule has 0 saturated heterocycles. The summed E-state index contributed by atoms with van der Waals surface area (Å²) in [6.45, 7) is 17.5. The second-order valence-electron chi connectivity index (χ2n) is 21.6. The monoisotopic (exact) mass is 948 g/mol. The van der Waals surface area contributed by atoms with Crippen molar-refractivity contribution >= 4 is 22.4 Å². The highest BCUT2D eigenvalue weighted by molar-refractivity contribution is 8.23. The van der Waals surface area contributed by atoms with Gasteiger partial charge in [-0.05, 0) is 181 Å². The molecular weight excluding hydrogens is 835 g/mol. The van der Waals surface area contributed by atoms with Gasteiger partial charge in [0.05, 0.1) is 0 Å². The van der Waals surface area contributed by atoms with E-state index >= 15 is 0 Å². The Bertz CT molecular complexity index is 1060. The molecule has 0 aromatic rings. The number of unbranched alkanes of at least 4 members (excludes halogenated alkanes) is 13. The number of aliphatic hydroxyl groups excluding tert-OH is 3. The van der Waals surface area contributed by atoms with Gasteiger partial charge in [-0.1, -0.05) is 118 Å². The largest absolute Gasteiger partial charge is 0.400 e. The molecule has 386 valence electrons. The van der Waals surface area contributed by atoms with Gasteiger partial charge in [-0.2, -0.15) is 22.4 Å². The summed E-state index contributed by atoms with van der Waals surface area (Å²) in [7, 11) is -1.02. The van der Waals surface area contributed by atoms with E-state index in [-0.39, 0.29) is 6.29 Å². The smallest absolute Gasteiger partial charge is 0.180 e. The average Bonchev–Trinajstić information content (AvgIpc) is 3.63. The molecule has 0 heterocycles. The van der Waals surface area contributed by atoms with E-state index < -0.39 is 10.6 Å². The van der Waals surface area contributed by atoms with Crippen molar-refractivity contribution in [2.75, 3.05) is 71.6 Å². The highest BCUT2D eigenvalue weighted by atomic mass is 32.3. The van der Waals surface area contributed by atoms with Crippen LogP contribution in [-0.4, -0.2) is 103 Å². The predicted molar refractivity (Wildman–Crippen MR) is 284 cm³/mol. The van der Waals surface area contributed by atoms with Crippen LogP contribution in [0, 0.1) is 46.3 Å². The fraction of sp³-hybridized carbons (Fsp3) is 1.00. The first-order valence-corrected chi connectivity index (χ1v) is 31.4. The zero-order valence-electron chi connectivity index (χ0n) is 44.4. The topological polar surface area (TPSA) is 103 Å². The molecule has 4 fully saturated rings. The van der Waals surface area contributed by atoms with Crippen LogP contribution >= 0.6 is 22.4 Å². The van der Waals surface area contributed by atoms with Crippen LogP contribution < -0.4 is 0 Å². The number of rotatable bonds is 31. The van der Waals surface area contributed by atoms with Crippen LogP contribution in [0.1, 0.15) is 227 Å². The zero-order chi connectivity index (χ0) is 47.7. The fourth-order valence-corrected chi connectivity index (χ4v) is 13.8. The van der Waals surface area contributed by atoms with Gasteiger partial charge in [0, 0.05) is 45.9 Å². The highest BCUT2D eigenvalue weighted by Gasteiger charge is 2.60. The van der Waals surface area contributed by atoms with Gasteiger partial charge in [0.15, 0.2) is 6.29 Å². The molecule has 4 N–H and O–H groups in total. The molecule has 4 saturated carbocycles. The van der Waals surface area contributed by atoms with E-state index in [1.807, 2.05) is 12.5 Å². The Labute approximate surface area is 405 Å². The van der Waals surface area contributed by atoms with E-state index in [1.165, 1.54) is 161 Å². The van der Waals surface area contributed by atoms with Crippen LogP contribution in [-0.2, 0) is 8.92 Å². The van der Waals surface area contributed by atoms with Gasteiger partial charge >= 0.3 is 0 Å². The highest BCUT2D eigenvalue weighted by Crippen LogP contribution is 2.68. The van der Waals surface area contributed by atoms with Crippen molar-refractivity contribution in [2.45, 2.75) is 234 Å². The summed E-state index contributed by atoms with van der Waals surface area (Å²) in [5.74, 6) is 5.81. The van der Waals surface area contributed by atoms with Crippen molar-refractivity contribution in [3.63, 3.8) is 0 Å².